The lowest BCUT2D eigenvalue weighted by atomic mass is 10.0. The lowest BCUT2D eigenvalue weighted by molar-refractivity contribution is -0.706. The van der Waals surface area contributed by atoms with Crippen LogP contribution in [0.4, 0.5) is 23.5 Å². The zero-order valence-electron chi connectivity index (χ0n) is 43.4. The van der Waals surface area contributed by atoms with E-state index >= 15 is 0 Å². The number of guanidine groups is 3. The molecule has 3 aliphatic heterocycles. The van der Waals surface area contributed by atoms with E-state index in [0.717, 1.165) is 94.1 Å². The highest BCUT2D eigenvalue weighted by Crippen LogP contribution is 2.40. The predicted octanol–water partition coefficient (Wildman–Crippen LogP) is 8.19. The van der Waals surface area contributed by atoms with E-state index in [4.69, 9.17) is 21.9 Å². The number of methoxy groups -OCH3 is 1. The van der Waals surface area contributed by atoms with E-state index in [1.807, 2.05) is 137 Å². The molecule has 3 unspecified atom stereocenters. The Labute approximate surface area is 460 Å². The van der Waals surface area contributed by atoms with Crippen LogP contribution in [-0.2, 0) is 0 Å². The van der Waals surface area contributed by atoms with Crippen LogP contribution >= 0.6 is 0 Å². The van der Waals surface area contributed by atoms with Crippen LogP contribution in [0.15, 0.2) is 179 Å². The first-order chi connectivity index (χ1) is 39.6. The molecule has 15 rings (SSSR count). The maximum Gasteiger partial charge on any atom is 0.257 e. The van der Waals surface area contributed by atoms with Gasteiger partial charge in [0.2, 0.25) is 17.8 Å². The molecule has 81 heavy (non-hydrogen) atoms. The molecule has 12 aromatic rings. The van der Waals surface area contributed by atoms with Crippen LogP contribution in [0.25, 0.3) is 66.9 Å². The molecule has 24 nitrogen and oxygen atoms in total. The Morgan fingerprint density at radius 1 is 0.494 bits per heavy atom. The lowest BCUT2D eigenvalue weighted by Crippen LogP contribution is -2.31. The third-order valence-electron chi connectivity index (χ3n) is 14.0. The number of aliphatic imine (C=N–C) groups is 3. The van der Waals surface area contributed by atoms with E-state index in [2.05, 4.69) is 113 Å². The summed E-state index contributed by atoms with van der Waals surface area (Å²) in [7, 11) is 1.65. The molecule has 9 heterocycles. The first kappa shape index (κ1) is 49.0. The number of H-pyrrole nitrogens is 3. The van der Waals surface area contributed by atoms with E-state index in [1.54, 1.807) is 25.6 Å². The van der Waals surface area contributed by atoms with Crippen LogP contribution in [-0.4, -0.2) is 101 Å². The number of nitrogens with one attached hydrogen (secondary N) is 6. The summed E-state index contributed by atoms with van der Waals surface area (Å²) in [4.78, 5) is 27.8. The van der Waals surface area contributed by atoms with Gasteiger partial charge < -0.3 is 21.9 Å². The zero-order valence-corrected chi connectivity index (χ0v) is 43.4. The van der Waals surface area contributed by atoms with Crippen molar-refractivity contribution in [2.75, 3.05) is 23.1 Å². The van der Waals surface area contributed by atoms with Crippen molar-refractivity contribution in [3.63, 3.8) is 0 Å². The minimum Gasteiger partial charge on any atom is -0.497 e. The molecule has 24 heteroatoms. The van der Waals surface area contributed by atoms with E-state index < -0.39 is 6.17 Å². The van der Waals surface area contributed by atoms with Crippen LogP contribution < -0.4 is 37.9 Å². The minimum atomic E-state index is -0.439. The van der Waals surface area contributed by atoms with Gasteiger partial charge in [-0.15, -0.1) is 0 Å². The average Bonchev–Trinajstić information content (AvgIpc) is 4.37. The monoisotopic (exact) mass is 1080 g/mol. The van der Waals surface area contributed by atoms with Gasteiger partial charge in [0.1, 0.15) is 5.75 Å². The van der Waals surface area contributed by atoms with Gasteiger partial charge in [-0.1, -0.05) is 72.3 Å². The van der Waals surface area contributed by atoms with Crippen LogP contribution in [0.1, 0.15) is 40.8 Å². The standard InChI is InChI=1S/C19H17N8O.C19H17N7O.C19H17N7/c1-26(28)12-6-4-5-11(9-12)16-13(10-21-25-16)17-23-18(20)24-19-22-14-7-2-3-8-15(14)27(17)19;1-27-12-8-6-11(7-9-12)16-13(10-21-25-16)17-23-18(20)24-19-22-14-4-2-3-5-15(14)26(17)19;1-11-5-4-6-12(9-11)16-13(10-21-25-16)17-23-18(20)24-19-22-14-7-2-3-8-15(14)26(17)19/h2-10,17,28H,1H2,(H,21,25)(H3,20,22,23,24);2-10,17H,1H3,(H,21,25)(H3,20,22,23,24);2-10,17H,1H3,(H,21,25)(H3,20,22,23,24)/q+1;;. The van der Waals surface area contributed by atoms with Gasteiger partial charge in [0.25, 0.3) is 5.69 Å². The molecule has 3 aliphatic rings. The van der Waals surface area contributed by atoms with Gasteiger partial charge in [0.15, 0.2) is 43.1 Å². The fraction of sp³-hybridized carbons (Fsp3) is 0.0877. The number of aromatic amines is 3. The number of rotatable bonds is 8. The van der Waals surface area contributed by atoms with Crippen molar-refractivity contribution < 1.29 is 14.7 Å². The third-order valence-corrected chi connectivity index (χ3v) is 14.0. The average molecular weight is 1080 g/mol. The number of benzene rings is 6. The highest BCUT2D eigenvalue weighted by atomic mass is 16.5. The maximum atomic E-state index is 9.66. The number of anilines is 3. The Morgan fingerprint density at radius 3 is 1.30 bits per heavy atom. The molecule has 6 aromatic heterocycles. The second-order valence-corrected chi connectivity index (χ2v) is 19.1. The summed E-state index contributed by atoms with van der Waals surface area (Å²) >= 11 is 0. The Balaban J connectivity index is 0.000000114. The summed E-state index contributed by atoms with van der Waals surface area (Å²) in [5.41, 5.74) is 33.5. The van der Waals surface area contributed by atoms with Gasteiger partial charge in [-0.05, 0) is 73.7 Å². The molecule has 13 N–H and O–H groups in total. The van der Waals surface area contributed by atoms with Crippen molar-refractivity contribution >= 4 is 81.2 Å². The molecule has 3 atom stereocenters. The van der Waals surface area contributed by atoms with E-state index in [1.165, 1.54) is 5.56 Å². The maximum absolute atomic E-state index is 9.66. The SMILES string of the molecule is C=[N+](O)c1cccc(-c2[nH]ncc2C2N=C(N)Nc3nc4ccccc4n32)c1.COc1ccc(-c2[nH]ncc2C2N=C(N)Nc3nc4ccccc4n32)cc1.Cc1cccc(-c2[nH]ncc2C2N=C(N)Nc3nc4ccccc4n32)c1. The normalized spacial score (nSPS) is 15.9. The summed E-state index contributed by atoms with van der Waals surface area (Å²) in [6.45, 7) is 5.59. The van der Waals surface area contributed by atoms with E-state index in [0.29, 0.717) is 35.5 Å². The Hall–Kier alpha value is -11.6. The van der Waals surface area contributed by atoms with Gasteiger partial charge in [0.05, 0.1) is 75.9 Å². The number of aromatic nitrogens is 12. The number of nitrogens with zero attached hydrogens (tertiary/aromatic N) is 13. The number of imidazole rings is 3. The van der Waals surface area contributed by atoms with Crippen LogP contribution in [0.3, 0.4) is 0 Å². The van der Waals surface area contributed by atoms with Crippen molar-refractivity contribution in [2.45, 2.75) is 25.4 Å². The third kappa shape index (κ3) is 8.98. The molecule has 0 radical (unpaired) electrons. The van der Waals surface area contributed by atoms with Crippen LogP contribution in [0.2, 0.25) is 0 Å². The summed E-state index contributed by atoms with van der Waals surface area (Å²) in [5, 5.41) is 40.8. The molecule has 0 spiro atoms. The number of para-hydroxylation sites is 6. The fourth-order valence-electron chi connectivity index (χ4n) is 10.3. The minimum absolute atomic E-state index is 0.285. The molecule has 0 bridgehead atoms. The summed E-state index contributed by atoms with van der Waals surface area (Å²) in [6.07, 6.45) is 4.17. The number of ether oxygens (including phenoxy) is 1. The first-order valence-electron chi connectivity index (χ1n) is 25.5. The highest BCUT2D eigenvalue weighted by molar-refractivity contribution is 5.97. The molecule has 6 aromatic carbocycles. The molecule has 0 amide bonds. The number of aryl methyl sites for hydroxylation is 1. The molecular weight excluding hydrogens is 1020 g/mol. The summed E-state index contributed by atoms with van der Waals surface area (Å²) < 4.78 is 12.1. The molecule has 0 saturated heterocycles. The second-order valence-electron chi connectivity index (χ2n) is 19.1. The Morgan fingerprint density at radius 2 is 0.889 bits per heavy atom. The molecule has 0 saturated carbocycles. The summed E-state index contributed by atoms with van der Waals surface area (Å²) in [6, 6.07) is 47.1. The van der Waals surface area contributed by atoms with Gasteiger partial charge in [-0.2, -0.15) is 15.3 Å². The molecule has 400 valence electrons. The number of nitrogens with two attached hydrogens (primary N) is 3. The smallest absolute Gasteiger partial charge is 0.257 e. The Bertz CT molecular complexity index is 4460. The molecular formula is C57H51N22O2+. The molecule has 0 aliphatic carbocycles. The second kappa shape index (κ2) is 20.1. The van der Waals surface area contributed by atoms with Crippen LogP contribution in [0.5, 0.6) is 5.75 Å². The topological polar surface area (TPSA) is 323 Å². The quantitative estimate of drug-likeness (QED) is 0.0297. The highest BCUT2D eigenvalue weighted by Gasteiger charge is 2.32. The van der Waals surface area contributed by atoms with Gasteiger partial charge in [0, 0.05) is 50.3 Å². The van der Waals surface area contributed by atoms with Crippen molar-refractivity contribution in [2.24, 2.45) is 32.2 Å². The van der Waals surface area contributed by atoms with Crippen molar-refractivity contribution in [3.8, 4) is 39.5 Å². The molecule has 0 fully saturated rings. The lowest BCUT2D eigenvalue weighted by Gasteiger charge is -2.23. The van der Waals surface area contributed by atoms with Crippen molar-refractivity contribution in [3.05, 3.63) is 186 Å². The zero-order chi connectivity index (χ0) is 55.3. The van der Waals surface area contributed by atoms with Crippen LogP contribution in [0, 0.1) is 6.92 Å². The van der Waals surface area contributed by atoms with Crippen molar-refractivity contribution in [1.82, 2.24) is 59.2 Å². The number of hydrogen-bond acceptors (Lipinski definition) is 17. The first-order valence-corrected chi connectivity index (χ1v) is 25.5. The van der Waals surface area contributed by atoms with Gasteiger partial charge in [-0.3, -0.25) is 50.2 Å². The fourth-order valence-corrected chi connectivity index (χ4v) is 10.3. The van der Waals surface area contributed by atoms with Gasteiger partial charge in [-0.25, -0.2) is 29.9 Å². The van der Waals surface area contributed by atoms with Gasteiger partial charge >= 0.3 is 0 Å². The summed E-state index contributed by atoms with van der Waals surface area (Å²) in [5.74, 6) is 3.72. The number of hydrogen-bond donors (Lipinski definition) is 10. The predicted molar refractivity (Wildman–Crippen MR) is 312 cm³/mol. The number of fused-ring (bicyclic) bond motifs is 9. The Kier molecular flexibility index (Phi) is 12.2. The largest absolute Gasteiger partial charge is 0.497 e. The van der Waals surface area contributed by atoms with E-state index in [9.17, 15) is 5.21 Å². The van der Waals surface area contributed by atoms with E-state index in [-0.39, 0.29) is 18.3 Å². The van der Waals surface area contributed by atoms with Crippen molar-refractivity contribution in [1.29, 1.82) is 0 Å².